The molecule has 1 aromatic rings. The predicted molar refractivity (Wildman–Crippen MR) is 71.5 cm³/mol. The van der Waals surface area contributed by atoms with Crippen molar-refractivity contribution in [1.29, 1.82) is 0 Å². The molecule has 0 amide bonds. The zero-order chi connectivity index (χ0) is 12.4. The number of halogens is 1. The number of rotatable bonds is 3. The van der Waals surface area contributed by atoms with Gasteiger partial charge in [0.25, 0.3) is 0 Å². The van der Waals surface area contributed by atoms with E-state index in [1.807, 2.05) is 0 Å². The average molecular weight is 267 g/mol. The highest BCUT2D eigenvalue weighted by atomic mass is 35.5. The molecule has 2 saturated heterocycles. The first kappa shape index (κ1) is 12.3. The van der Waals surface area contributed by atoms with Crippen LogP contribution in [0.25, 0.3) is 0 Å². The second kappa shape index (κ2) is 5.51. The van der Waals surface area contributed by atoms with Crippen LogP contribution in [0.1, 0.15) is 31.4 Å². The van der Waals surface area contributed by atoms with Crippen molar-refractivity contribution in [3.05, 3.63) is 23.2 Å². The molecule has 2 aliphatic heterocycles. The van der Waals surface area contributed by atoms with Gasteiger partial charge in [-0.05, 0) is 38.8 Å². The Bertz CT molecular complexity index is 388. The van der Waals surface area contributed by atoms with Crippen LogP contribution in [0, 0.1) is 0 Å². The van der Waals surface area contributed by atoms with Gasteiger partial charge in [0.1, 0.15) is 5.15 Å². The van der Waals surface area contributed by atoms with Crippen molar-refractivity contribution in [3.8, 4) is 0 Å². The molecule has 5 heteroatoms. The fraction of sp³-hybridized carbons (Fsp3) is 0.692. The van der Waals surface area contributed by atoms with Crippen LogP contribution in [0.2, 0.25) is 5.15 Å². The molecule has 0 saturated carbocycles. The van der Waals surface area contributed by atoms with Gasteiger partial charge < -0.3 is 5.32 Å². The molecule has 4 nitrogen and oxygen atoms in total. The highest BCUT2D eigenvalue weighted by Gasteiger charge is 2.33. The van der Waals surface area contributed by atoms with Crippen molar-refractivity contribution in [3.63, 3.8) is 0 Å². The molecule has 2 aliphatic rings. The van der Waals surface area contributed by atoms with Crippen molar-refractivity contribution < 1.29 is 0 Å². The van der Waals surface area contributed by atoms with E-state index in [1.54, 1.807) is 12.4 Å². The number of nitrogens with zero attached hydrogens (tertiary/aromatic N) is 3. The minimum Gasteiger partial charge on any atom is -0.312 e. The summed E-state index contributed by atoms with van der Waals surface area (Å²) in [4.78, 5) is 11.0. The molecule has 0 spiro atoms. The highest BCUT2D eigenvalue weighted by Crippen LogP contribution is 2.25. The van der Waals surface area contributed by atoms with Gasteiger partial charge in [-0.25, -0.2) is 4.98 Å². The summed E-state index contributed by atoms with van der Waals surface area (Å²) < 4.78 is 0. The van der Waals surface area contributed by atoms with E-state index in [9.17, 15) is 0 Å². The third kappa shape index (κ3) is 2.66. The lowest BCUT2D eigenvalue weighted by atomic mass is 10.0. The third-order valence-corrected chi connectivity index (χ3v) is 4.21. The highest BCUT2D eigenvalue weighted by molar-refractivity contribution is 6.29. The molecule has 0 bridgehead atoms. The summed E-state index contributed by atoms with van der Waals surface area (Å²) in [5.41, 5.74) is 1.02. The molecule has 98 valence electrons. The van der Waals surface area contributed by atoms with Crippen LogP contribution in [0.4, 0.5) is 0 Å². The van der Waals surface area contributed by atoms with E-state index in [0.29, 0.717) is 17.2 Å². The summed E-state index contributed by atoms with van der Waals surface area (Å²) in [6.07, 6.45) is 8.65. The van der Waals surface area contributed by atoms with Crippen LogP contribution in [-0.2, 0) is 6.54 Å². The van der Waals surface area contributed by atoms with E-state index in [-0.39, 0.29) is 0 Å². The van der Waals surface area contributed by atoms with E-state index < -0.39 is 0 Å². The maximum atomic E-state index is 5.76. The third-order valence-electron chi connectivity index (χ3n) is 4.02. The zero-order valence-electron chi connectivity index (χ0n) is 10.5. The normalized spacial score (nSPS) is 28.9. The minimum absolute atomic E-state index is 0.467. The molecule has 3 rings (SSSR count). The standard InChI is InChI=1S/C13H19ClN4/c14-13-8-16-10(7-17-13)9-18-6-2-4-12(18)11-3-1-5-15-11/h7-8,11-12,15H,1-6,9H2. The molecule has 0 radical (unpaired) electrons. The maximum Gasteiger partial charge on any atom is 0.147 e. The smallest absolute Gasteiger partial charge is 0.147 e. The van der Waals surface area contributed by atoms with E-state index in [0.717, 1.165) is 12.2 Å². The Labute approximate surface area is 113 Å². The molecule has 0 aromatic carbocycles. The second-order valence-corrected chi connectivity index (χ2v) is 5.60. The van der Waals surface area contributed by atoms with Crippen LogP contribution in [0.15, 0.2) is 12.4 Å². The van der Waals surface area contributed by atoms with Crippen molar-refractivity contribution in [2.75, 3.05) is 13.1 Å². The molecule has 1 aromatic heterocycles. The monoisotopic (exact) mass is 266 g/mol. The number of hydrogen-bond donors (Lipinski definition) is 1. The Morgan fingerprint density at radius 1 is 1.28 bits per heavy atom. The SMILES string of the molecule is Clc1cnc(CN2CCCC2C2CCCN2)cn1. The van der Waals surface area contributed by atoms with E-state index in [4.69, 9.17) is 11.6 Å². The molecule has 2 atom stereocenters. The lowest BCUT2D eigenvalue weighted by molar-refractivity contribution is 0.204. The number of likely N-dealkylation sites (tertiary alicyclic amines) is 1. The Kier molecular flexibility index (Phi) is 3.77. The molecule has 18 heavy (non-hydrogen) atoms. The molecule has 1 N–H and O–H groups in total. The summed E-state index contributed by atoms with van der Waals surface area (Å²) in [7, 11) is 0. The number of aromatic nitrogens is 2. The Balaban J connectivity index is 1.65. The fourth-order valence-corrected chi connectivity index (χ4v) is 3.27. The first-order valence-corrected chi connectivity index (χ1v) is 7.14. The summed E-state index contributed by atoms with van der Waals surface area (Å²) >= 11 is 5.76. The lowest BCUT2D eigenvalue weighted by Crippen LogP contribution is -2.43. The molecular formula is C13H19ClN4. The van der Waals surface area contributed by atoms with Crippen LogP contribution >= 0.6 is 11.6 Å². The molecular weight excluding hydrogens is 248 g/mol. The quantitative estimate of drug-likeness (QED) is 0.907. The first-order chi connectivity index (χ1) is 8.83. The zero-order valence-corrected chi connectivity index (χ0v) is 11.2. The Morgan fingerprint density at radius 3 is 2.94 bits per heavy atom. The summed E-state index contributed by atoms with van der Waals surface area (Å²) in [5.74, 6) is 0. The molecule has 0 aliphatic carbocycles. The van der Waals surface area contributed by atoms with Gasteiger partial charge in [0, 0.05) is 18.6 Å². The maximum absolute atomic E-state index is 5.76. The van der Waals surface area contributed by atoms with E-state index >= 15 is 0 Å². The second-order valence-electron chi connectivity index (χ2n) is 5.21. The van der Waals surface area contributed by atoms with Gasteiger partial charge in [-0.15, -0.1) is 0 Å². The van der Waals surface area contributed by atoms with E-state index in [1.165, 1.54) is 38.8 Å². The number of nitrogens with one attached hydrogen (secondary N) is 1. The van der Waals surface area contributed by atoms with Gasteiger partial charge in [-0.3, -0.25) is 9.88 Å². The summed E-state index contributed by atoms with van der Waals surface area (Å²) in [6.45, 7) is 3.25. The van der Waals surface area contributed by atoms with Crippen LogP contribution in [-0.4, -0.2) is 40.0 Å². The average Bonchev–Trinajstić information content (AvgIpc) is 3.02. The predicted octanol–water partition coefficient (Wildman–Crippen LogP) is 1.85. The van der Waals surface area contributed by atoms with Gasteiger partial charge in [0.05, 0.1) is 18.1 Å². The summed E-state index contributed by atoms with van der Waals surface area (Å²) in [6, 6.07) is 1.35. The van der Waals surface area contributed by atoms with Gasteiger partial charge in [0.15, 0.2) is 0 Å². The topological polar surface area (TPSA) is 41.1 Å². The van der Waals surface area contributed by atoms with Crippen molar-refractivity contribution in [2.45, 2.75) is 44.3 Å². The molecule has 2 unspecified atom stereocenters. The Morgan fingerprint density at radius 2 is 2.22 bits per heavy atom. The molecule has 3 heterocycles. The largest absolute Gasteiger partial charge is 0.312 e. The number of hydrogen-bond acceptors (Lipinski definition) is 4. The van der Waals surface area contributed by atoms with Crippen molar-refractivity contribution >= 4 is 11.6 Å². The van der Waals surface area contributed by atoms with Crippen LogP contribution in [0.3, 0.4) is 0 Å². The van der Waals surface area contributed by atoms with Gasteiger partial charge in [-0.1, -0.05) is 11.6 Å². The van der Waals surface area contributed by atoms with Gasteiger partial charge in [-0.2, -0.15) is 0 Å². The van der Waals surface area contributed by atoms with Crippen molar-refractivity contribution in [1.82, 2.24) is 20.2 Å². The minimum atomic E-state index is 0.467. The first-order valence-electron chi connectivity index (χ1n) is 6.77. The van der Waals surface area contributed by atoms with Crippen LogP contribution in [0.5, 0.6) is 0 Å². The lowest BCUT2D eigenvalue weighted by Gasteiger charge is -2.29. The molecule has 2 fully saturated rings. The Hall–Kier alpha value is -0.710. The van der Waals surface area contributed by atoms with Gasteiger partial charge in [0.2, 0.25) is 0 Å². The van der Waals surface area contributed by atoms with Gasteiger partial charge >= 0.3 is 0 Å². The fourth-order valence-electron chi connectivity index (χ4n) is 3.17. The van der Waals surface area contributed by atoms with Crippen molar-refractivity contribution in [2.24, 2.45) is 0 Å². The van der Waals surface area contributed by atoms with E-state index in [2.05, 4.69) is 20.2 Å². The summed E-state index contributed by atoms with van der Waals surface area (Å²) in [5, 5.41) is 4.09. The van der Waals surface area contributed by atoms with Crippen LogP contribution < -0.4 is 5.32 Å².